The summed E-state index contributed by atoms with van der Waals surface area (Å²) in [6.45, 7) is 3.25. The smallest absolute Gasteiger partial charge is 0.274 e. The van der Waals surface area contributed by atoms with E-state index in [1.165, 1.54) is 22.2 Å². The summed E-state index contributed by atoms with van der Waals surface area (Å²) in [6, 6.07) is 21.6. The average Bonchev–Trinajstić information content (AvgIpc) is 2.76. The summed E-state index contributed by atoms with van der Waals surface area (Å²) >= 11 is 0. The number of hydrogen-bond acceptors (Lipinski definition) is 3. The Balaban J connectivity index is 1.51. The zero-order valence-electron chi connectivity index (χ0n) is 15.2. The van der Waals surface area contributed by atoms with Crippen LogP contribution in [-0.4, -0.2) is 47.0 Å². The highest BCUT2D eigenvalue weighted by atomic mass is 16.2. The third kappa shape index (κ3) is 3.88. The van der Waals surface area contributed by atoms with Crippen LogP contribution in [0.5, 0.6) is 0 Å². The molecule has 1 saturated heterocycles. The fraction of sp³-hybridized carbons (Fsp3) is 0.227. The number of hydrogen-bond donors (Lipinski definition) is 1. The van der Waals surface area contributed by atoms with E-state index in [4.69, 9.17) is 0 Å². The van der Waals surface area contributed by atoms with Crippen LogP contribution < -0.4 is 4.90 Å². The van der Waals surface area contributed by atoms with Gasteiger partial charge in [-0.1, -0.05) is 60.7 Å². The first-order chi connectivity index (χ1) is 13.3. The van der Waals surface area contributed by atoms with Crippen molar-refractivity contribution in [3.63, 3.8) is 0 Å². The van der Waals surface area contributed by atoms with Gasteiger partial charge in [0.2, 0.25) is 0 Å². The van der Waals surface area contributed by atoms with Crippen molar-refractivity contribution in [3.05, 3.63) is 96.1 Å². The largest absolute Gasteiger partial charge is 0.326 e. The van der Waals surface area contributed by atoms with Crippen LogP contribution in [0.3, 0.4) is 0 Å². The minimum Gasteiger partial charge on any atom is -0.326 e. The number of nitrogens with zero attached hydrogens (tertiary/aromatic N) is 3. The van der Waals surface area contributed by atoms with Gasteiger partial charge in [0.1, 0.15) is 11.7 Å². The molecular weight excluding hydrogens is 336 g/mol. The highest BCUT2D eigenvalue weighted by Gasteiger charge is 2.32. The third-order valence-corrected chi connectivity index (χ3v) is 5.15. The molecule has 136 valence electrons. The van der Waals surface area contributed by atoms with E-state index in [0.717, 1.165) is 26.2 Å². The minimum atomic E-state index is -0.0295. The molecule has 0 radical (unpaired) electrons. The van der Waals surface area contributed by atoms with Crippen LogP contribution in [0.2, 0.25) is 0 Å². The number of amides is 1. The maximum Gasteiger partial charge on any atom is 0.274 e. The lowest BCUT2D eigenvalue weighted by Crippen LogP contribution is -3.15. The first kappa shape index (κ1) is 17.4. The van der Waals surface area contributed by atoms with Gasteiger partial charge in [-0.15, -0.1) is 0 Å². The molecule has 0 bridgehead atoms. The number of quaternary nitrogens is 1. The van der Waals surface area contributed by atoms with Crippen molar-refractivity contribution in [1.29, 1.82) is 0 Å². The summed E-state index contributed by atoms with van der Waals surface area (Å²) in [6.07, 6.45) is 4.69. The fourth-order valence-corrected chi connectivity index (χ4v) is 3.81. The highest BCUT2D eigenvalue weighted by Crippen LogP contribution is 2.19. The molecule has 0 spiro atoms. The summed E-state index contributed by atoms with van der Waals surface area (Å²) in [7, 11) is 0. The molecule has 3 aromatic rings. The molecule has 1 amide bonds. The second kappa shape index (κ2) is 8.10. The van der Waals surface area contributed by atoms with Crippen molar-refractivity contribution in [2.75, 3.05) is 26.2 Å². The summed E-state index contributed by atoms with van der Waals surface area (Å²) in [5.74, 6) is -0.0295. The second-order valence-corrected chi connectivity index (χ2v) is 6.80. The molecule has 0 atom stereocenters. The van der Waals surface area contributed by atoms with Crippen molar-refractivity contribution >= 4 is 5.91 Å². The van der Waals surface area contributed by atoms with Gasteiger partial charge in [0.25, 0.3) is 5.91 Å². The Morgan fingerprint density at radius 2 is 1.48 bits per heavy atom. The van der Waals surface area contributed by atoms with Gasteiger partial charge in [0, 0.05) is 23.5 Å². The van der Waals surface area contributed by atoms with Crippen LogP contribution in [0.1, 0.15) is 27.7 Å². The number of nitrogens with one attached hydrogen (secondary N) is 1. The zero-order chi connectivity index (χ0) is 18.5. The number of benzene rings is 2. The zero-order valence-corrected chi connectivity index (χ0v) is 15.2. The lowest BCUT2D eigenvalue weighted by atomic mass is 9.96. The van der Waals surface area contributed by atoms with Crippen molar-refractivity contribution < 1.29 is 9.69 Å². The molecule has 4 rings (SSSR count). The maximum absolute atomic E-state index is 12.6. The van der Waals surface area contributed by atoms with Gasteiger partial charge in [-0.2, -0.15) is 0 Å². The Labute approximate surface area is 159 Å². The van der Waals surface area contributed by atoms with Gasteiger partial charge in [-0.3, -0.25) is 9.78 Å². The van der Waals surface area contributed by atoms with Gasteiger partial charge in [0.05, 0.1) is 32.4 Å². The lowest BCUT2D eigenvalue weighted by Gasteiger charge is -2.36. The minimum absolute atomic E-state index is 0.0295. The SMILES string of the molecule is O=C(c1cnccn1)N1CC[NH+](C(c2ccccc2)c2ccccc2)CC1. The quantitative estimate of drug-likeness (QED) is 0.770. The number of rotatable bonds is 4. The molecule has 1 aromatic heterocycles. The van der Waals surface area contributed by atoms with E-state index in [-0.39, 0.29) is 11.9 Å². The van der Waals surface area contributed by atoms with Crippen molar-refractivity contribution in [2.45, 2.75) is 6.04 Å². The molecule has 0 saturated carbocycles. The Morgan fingerprint density at radius 1 is 0.889 bits per heavy atom. The Bertz CT molecular complexity index is 823. The molecule has 5 heteroatoms. The van der Waals surface area contributed by atoms with Gasteiger partial charge < -0.3 is 9.80 Å². The van der Waals surface area contributed by atoms with Crippen LogP contribution in [0.4, 0.5) is 0 Å². The topological polar surface area (TPSA) is 50.5 Å². The maximum atomic E-state index is 12.6. The molecule has 0 unspecified atom stereocenters. The van der Waals surface area contributed by atoms with E-state index in [2.05, 4.69) is 70.6 Å². The van der Waals surface area contributed by atoms with Crippen LogP contribution in [0.15, 0.2) is 79.3 Å². The highest BCUT2D eigenvalue weighted by molar-refractivity contribution is 5.91. The van der Waals surface area contributed by atoms with Crippen LogP contribution >= 0.6 is 0 Å². The Hall–Kier alpha value is -3.05. The predicted molar refractivity (Wildman–Crippen MR) is 103 cm³/mol. The molecule has 1 aliphatic heterocycles. The van der Waals surface area contributed by atoms with Crippen molar-refractivity contribution in [1.82, 2.24) is 14.9 Å². The normalized spacial score (nSPS) is 15.1. The van der Waals surface area contributed by atoms with Gasteiger partial charge >= 0.3 is 0 Å². The molecule has 0 aliphatic carbocycles. The number of aromatic nitrogens is 2. The van der Waals surface area contributed by atoms with Crippen molar-refractivity contribution in [2.24, 2.45) is 0 Å². The number of piperazine rings is 1. The molecular formula is C22H23N4O+. The summed E-state index contributed by atoms with van der Waals surface area (Å²) in [4.78, 5) is 24.2. The van der Waals surface area contributed by atoms with Gasteiger partial charge in [-0.05, 0) is 0 Å². The molecule has 1 aliphatic rings. The van der Waals surface area contributed by atoms with Crippen LogP contribution in [0, 0.1) is 0 Å². The van der Waals surface area contributed by atoms with Gasteiger partial charge in [-0.25, -0.2) is 4.98 Å². The summed E-state index contributed by atoms with van der Waals surface area (Å²) in [5.41, 5.74) is 3.04. The first-order valence-electron chi connectivity index (χ1n) is 9.32. The molecule has 2 heterocycles. The first-order valence-corrected chi connectivity index (χ1v) is 9.32. The van der Waals surface area contributed by atoms with E-state index < -0.39 is 0 Å². The standard InChI is InChI=1S/C22H22N4O/c27-22(20-17-23-11-12-24-20)26-15-13-25(14-16-26)21(18-7-3-1-4-8-18)19-9-5-2-6-10-19/h1-12,17,21H,13-16H2/p+1. The van der Waals surface area contributed by atoms with Gasteiger partial charge in [0.15, 0.2) is 0 Å². The lowest BCUT2D eigenvalue weighted by molar-refractivity contribution is -0.929. The van der Waals surface area contributed by atoms with E-state index in [0.29, 0.717) is 5.69 Å². The molecule has 27 heavy (non-hydrogen) atoms. The summed E-state index contributed by atoms with van der Waals surface area (Å²) < 4.78 is 0. The number of carbonyl (C=O) groups is 1. The van der Waals surface area contributed by atoms with Crippen LogP contribution in [-0.2, 0) is 0 Å². The second-order valence-electron chi connectivity index (χ2n) is 6.80. The average molecular weight is 359 g/mol. The van der Waals surface area contributed by atoms with Crippen LogP contribution in [0.25, 0.3) is 0 Å². The van der Waals surface area contributed by atoms with E-state index in [9.17, 15) is 4.79 Å². The monoisotopic (exact) mass is 359 g/mol. The van der Waals surface area contributed by atoms with E-state index in [1.807, 2.05) is 4.90 Å². The van der Waals surface area contributed by atoms with E-state index in [1.54, 1.807) is 12.4 Å². The molecule has 2 aromatic carbocycles. The van der Waals surface area contributed by atoms with Crippen molar-refractivity contribution in [3.8, 4) is 0 Å². The fourth-order valence-electron chi connectivity index (χ4n) is 3.81. The number of carbonyl (C=O) groups excluding carboxylic acids is 1. The third-order valence-electron chi connectivity index (χ3n) is 5.15. The predicted octanol–water partition coefficient (Wildman–Crippen LogP) is 1.61. The Kier molecular flexibility index (Phi) is 5.21. The molecule has 1 fully saturated rings. The molecule has 5 nitrogen and oxygen atoms in total. The summed E-state index contributed by atoms with van der Waals surface area (Å²) in [5, 5.41) is 0. The Morgan fingerprint density at radius 3 is 2.00 bits per heavy atom. The van der Waals surface area contributed by atoms with E-state index >= 15 is 0 Å². The molecule has 1 N–H and O–H groups in total.